The van der Waals surface area contributed by atoms with Crippen molar-refractivity contribution in [3.63, 3.8) is 0 Å². The summed E-state index contributed by atoms with van der Waals surface area (Å²) < 4.78 is 2.02. The van der Waals surface area contributed by atoms with Crippen LogP contribution in [0, 0.1) is 6.07 Å². The van der Waals surface area contributed by atoms with E-state index in [-0.39, 0.29) is 32.7 Å². The van der Waals surface area contributed by atoms with Crippen LogP contribution in [0.3, 0.4) is 0 Å². The normalized spacial score (nSPS) is 10.4. The number of hydrogen-bond acceptors (Lipinski definition) is 1. The van der Waals surface area contributed by atoms with E-state index in [1.165, 1.54) is 5.52 Å². The quantitative estimate of drug-likeness (QED) is 0.708. The smallest absolute Gasteiger partial charge is 0.0445 e. The summed E-state index contributed by atoms with van der Waals surface area (Å²) in [6.07, 6.45) is 1.88. The topological polar surface area (TPSA) is 17.8 Å². The van der Waals surface area contributed by atoms with Gasteiger partial charge in [-0.2, -0.15) is 23.3 Å². The zero-order valence-electron chi connectivity index (χ0n) is 7.86. The number of rotatable bonds is 1. The monoisotopic (exact) mass is 248 g/mol. The van der Waals surface area contributed by atoms with Gasteiger partial charge in [-0.15, -0.1) is 6.07 Å². The molecule has 3 heteroatoms. The zero-order valence-corrected chi connectivity index (χ0v) is 10.7. The summed E-state index contributed by atoms with van der Waals surface area (Å²) in [6.45, 7) is 4.26. The maximum Gasteiger partial charge on any atom is 0.0445 e. The van der Waals surface area contributed by atoms with Crippen molar-refractivity contribution >= 4 is 10.9 Å². The molecule has 0 saturated heterocycles. The molecular formula is C10H11N2Y-. The first kappa shape index (κ1) is 10.9. The van der Waals surface area contributed by atoms with Crippen molar-refractivity contribution in [2.45, 2.75) is 19.9 Å². The SMILES string of the molecule is CC(C)n1ncc2c[c-]ccc21.[Y]. The third-order valence-electron chi connectivity index (χ3n) is 1.93. The molecule has 0 aliphatic rings. The van der Waals surface area contributed by atoms with Gasteiger partial charge >= 0.3 is 0 Å². The summed E-state index contributed by atoms with van der Waals surface area (Å²) in [6, 6.07) is 9.38. The molecule has 0 spiro atoms. The van der Waals surface area contributed by atoms with Crippen LogP contribution in [-0.4, -0.2) is 9.78 Å². The Morgan fingerprint density at radius 2 is 2.23 bits per heavy atom. The first-order chi connectivity index (χ1) is 5.79. The second-order valence-corrected chi connectivity index (χ2v) is 3.17. The van der Waals surface area contributed by atoms with Gasteiger partial charge in [0.25, 0.3) is 0 Å². The van der Waals surface area contributed by atoms with Gasteiger partial charge in [0.15, 0.2) is 0 Å². The summed E-state index contributed by atoms with van der Waals surface area (Å²) in [7, 11) is 0. The Labute approximate surface area is 103 Å². The summed E-state index contributed by atoms with van der Waals surface area (Å²) in [4.78, 5) is 0. The molecule has 0 unspecified atom stereocenters. The molecule has 1 heterocycles. The average molecular weight is 248 g/mol. The van der Waals surface area contributed by atoms with Gasteiger partial charge in [-0.1, -0.05) is 5.39 Å². The van der Waals surface area contributed by atoms with Crippen LogP contribution in [0.15, 0.2) is 24.4 Å². The van der Waals surface area contributed by atoms with Gasteiger partial charge in [0, 0.05) is 44.9 Å². The first-order valence-electron chi connectivity index (χ1n) is 4.12. The van der Waals surface area contributed by atoms with E-state index in [0.717, 1.165) is 5.39 Å². The molecule has 2 rings (SSSR count). The molecule has 1 aromatic carbocycles. The van der Waals surface area contributed by atoms with E-state index in [1.54, 1.807) is 0 Å². The minimum atomic E-state index is 0. The number of benzene rings is 1. The predicted molar refractivity (Wildman–Crippen MR) is 49.0 cm³/mol. The molecule has 0 fully saturated rings. The minimum Gasteiger partial charge on any atom is -0.288 e. The third kappa shape index (κ3) is 2.00. The fourth-order valence-corrected chi connectivity index (χ4v) is 1.35. The molecule has 2 nitrogen and oxygen atoms in total. The van der Waals surface area contributed by atoms with Crippen LogP contribution >= 0.6 is 0 Å². The van der Waals surface area contributed by atoms with Crippen molar-refractivity contribution in [3.05, 3.63) is 30.5 Å². The molecule has 0 N–H and O–H groups in total. The maximum atomic E-state index is 4.29. The van der Waals surface area contributed by atoms with Gasteiger partial charge < -0.3 is 0 Å². The van der Waals surface area contributed by atoms with E-state index < -0.39 is 0 Å². The second-order valence-electron chi connectivity index (χ2n) is 3.17. The van der Waals surface area contributed by atoms with Crippen LogP contribution in [0.1, 0.15) is 19.9 Å². The van der Waals surface area contributed by atoms with Gasteiger partial charge in [-0.05, 0) is 19.4 Å². The Bertz CT molecular complexity index is 392. The summed E-state index contributed by atoms with van der Waals surface area (Å²) >= 11 is 0. The van der Waals surface area contributed by atoms with Crippen LogP contribution in [0.2, 0.25) is 0 Å². The molecule has 0 aliphatic heterocycles. The molecule has 2 aromatic rings. The minimum absolute atomic E-state index is 0. The summed E-state index contributed by atoms with van der Waals surface area (Å²) in [5, 5.41) is 5.45. The van der Waals surface area contributed by atoms with E-state index in [0.29, 0.717) is 6.04 Å². The fraction of sp³-hybridized carbons (Fsp3) is 0.300. The average Bonchev–Trinajstić information content (AvgIpc) is 2.47. The summed E-state index contributed by atoms with van der Waals surface area (Å²) in [5.41, 5.74) is 1.18. The number of hydrogen-bond donors (Lipinski definition) is 0. The van der Waals surface area contributed by atoms with Crippen LogP contribution in [0.5, 0.6) is 0 Å². The zero-order chi connectivity index (χ0) is 8.55. The number of nitrogens with zero attached hydrogens (tertiary/aromatic N) is 2. The molecule has 0 aliphatic carbocycles. The molecule has 1 radical (unpaired) electrons. The van der Waals surface area contributed by atoms with Crippen LogP contribution < -0.4 is 0 Å². The van der Waals surface area contributed by atoms with E-state index in [2.05, 4.69) is 25.0 Å². The van der Waals surface area contributed by atoms with Crippen molar-refractivity contribution in [2.75, 3.05) is 0 Å². The van der Waals surface area contributed by atoms with Gasteiger partial charge in [0.2, 0.25) is 0 Å². The maximum absolute atomic E-state index is 4.29. The van der Waals surface area contributed by atoms with Crippen LogP contribution in [0.25, 0.3) is 10.9 Å². The standard InChI is InChI=1S/C10H11N2.Y/c1-8(2)12-10-6-4-3-5-9(10)7-11-12;/h4-8H,1-2H3;/q-1;. The predicted octanol–water partition coefficient (Wildman–Crippen LogP) is 2.41. The van der Waals surface area contributed by atoms with Crippen LogP contribution in [-0.2, 0) is 32.7 Å². The van der Waals surface area contributed by atoms with Crippen molar-refractivity contribution in [1.29, 1.82) is 0 Å². The van der Waals surface area contributed by atoms with Crippen molar-refractivity contribution < 1.29 is 32.7 Å². The van der Waals surface area contributed by atoms with E-state index in [9.17, 15) is 0 Å². The van der Waals surface area contributed by atoms with E-state index in [4.69, 9.17) is 0 Å². The van der Waals surface area contributed by atoms with Crippen molar-refractivity contribution in [1.82, 2.24) is 9.78 Å². The van der Waals surface area contributed by atoms with Gasteiger partial charge in [-0.25, -0.2) is 0 Å². The van der Waals surface area contributed by atoms with Gasteiger partial charge in [0.05, 0.1) is 0 Å². The molecule has 0 amide bonds. The molecule has 0 atom stereocenters. The second kappa shape index (κ2) is 4.34. The van der Waals surface area contributed by atoms with E-state index in [1.807, 2.05) is 29.1 Å². The Kier molecular flexibility index (Phi) is 3.63. The number of fused-ring (bicyclic) bond motifs is 1. The van der Waals surface area contributed by atoms with Crippen molar-refractivity contribution in [2.24, 2.45) is 0 Å². The largest absolute Gasteiger partial charge is 0.288 e. The summed E-state index contributed by atoms with van der Waals surface area (Å²) in [5.74, 6) is 0. The Morgan fingerprint density at radius 1 is 1.46 bits per heavy atom. The third-order valence-corrected chi connectivity index (χ3v) is 1.93. The molecular weight excluding hydrogens is 237 g/mol. The first-order valence-corrected chi connectivity index (χ1v) is 4.12. The fourth-order valence-electron chi connectivity index (χ4n) is 1.35. The Hall–Kier alpha value is -0.206. The van der Waals surface area contributed by atoms with E-state index >= 15 is 0 Å². The Morgan fingerprint density at radius 3 is 2.92 bits per heavy atom. The number of aromatic nitrogens is 2. The molecule has 0 saturated carbocycles. The molecule has 1 aromatic heterocycles. The Balaban J connectivity index is 0.000000845. The molecule has 0 bridgehead atoms. The van der Waals surface area contributed by atoms with Crippen LogP contribution in [0.4, 0.5) is 0 Å². The molecule has 13 heavy (non-hydrogen) atoms. The van der Waals surface area contributed by atoms with Gasteiger partial charge in [0.1, 0.15) is 0 Å². The van der Waals surface area contributed by atoms with Crippen molar-refractivity contribution in [3.8, 4) is 0 Å². The van der Waals surface area contributed by atoms with Gasteiger partial charge in [-0.3, -0.25) is 4.68 Å². The molecule has 65 valence electrons.